The van der Waals surface area contributed by atoms with Gasteiger partial charge in [0.1, 0.15) is 12.4 Å². The Morgan fingerprint density at radius 2 is 1.81 bits per heavy atom. The predicted molar refractivity (Wildman–Crippen MR) is 126 cm³/mol. The number of halogens is 3. The van der Waals surface area contributed by atoms with Gasteiger partial charge in [0.15, 0.2) is 32.8 Å². The molecule has 0 amide bonds. The number of alkyl halides is 1. The van der Waals surface area contributed by atoms with E-state index in [1.54, 1.807) is 12.3 Å². The molecule has 32 heavy (non-hydrogen) atoms. The highest BCUT2D eigenvalue weighted by atomic mass is 35.5. The highest BCUT2D eigenvalue weighted by Crippen LogP contribution is 2.40. The van der Waals surface area contributed by atoms with Gasteiger partial charge in [0.05, 0.1) is 22.5 Å². The molecule has 0 bridgehead atoms. The number of ether oxygens (including phenoxy) is 1. The molecule has 0 fully saturated rings. The minimum Gasteiger partial charge on any atom is -0.489 e. The van der Waals surface area contributed by atoms with Crippen LogP contribution in [0.5, 0.6) is 5.75 Å². The second-order valence-corrected chi connectivity index (χ2v) is 10.7. The number of aromatic nitrogens is 2. The van der Waals surface area contributed by atoms with Crippen LogP contribution in [0.15, 0.2) is 46.3 Å². The average Bonchev–Trinajstić information content (AvgIpc) is 3.21. The normalized spacial score (nSPS) is 12.1. The summed E-state index contributed by atoms with van der Waals surface area (Å²) in [6.45, 7) is 4.51. The molecule has 3 aromatic rings. The molecule has 0 aliphatic carbocycles. The monoisotopic (exact) mass is 517 g/mol. The Kier molecular flexibility index (Phi) is 7.60. The molecule has 11 heteroatoms. The fraction of sp³-hybridized carbons (Fsp3) is 0.333. The first-order chi connectivity index (χ1) is 15.0. The van der Waals surface area contributed by atoms with Crippen LogP contribution in [0.3, 0.4) is 0 Å². The van der Waals surface area contributed by atoms with E-state index in [2.05, 4.69) is 15.3 Å². The summed E-state index contributed by atoms with van der Waals surface area (Å²) in [5.41, 5.74) is 1.38. The summed E-state index contributed by atoms with van der Waals surface area (Å²) in [7, 11) is -3.47. The molecule has 7 nitrogen and oxygen atoms in total. The molecule has 1 N–H and O–H groups in total. The van der Waals surface area contributed by atoms with E-state index in [1.165, 1.54) is 0 Å². The number of rotatable bonds is 9. The summed E-state index contributed by atoms with van der Waals surface area (Å²) >= 11 is 18.5. The van der Waals surface area contributed by atoms with Crippen molar-refractivity contribution in [3.8, 4) is 5.75 Å². The third-order valence-electron chi connectivity index (χ3n) is 4.91. The molecule has 0 saturated heterocycles. The van der Waals surface area contributed by atoms with Crippen LogP contribution in [0.25, 0.3) is 0 Å². The molecule has 0 spiro atoms. The minimum absolute atomic E-state index is 0.0880. The number of hydrogen-bond acceptors (Lipinski definition) is 7. The highest BCUT2D eigenvalue weighted by molar-refractivity contribution is 7.90. The van der Waals surface area contributed by atoms with Gasteiger partial charge in [-0.15, -0.1) is 11.6 Å². The third-order valence-corrected chi connectivity index (χ3v) is 6.66. The molecule has 0 atom stereocenters. The summed E-state index contributed by atoms with van der Waals surface area (Å²) in [4.78, 5) is 8.20. The zero-order valence-electron chi connectivity index (χ0n) is 17.7. The quantitative estimate of drug-likeness (QED) is 0.382. The van der Waals surface area contributed by atoms with Gasteiger partial charge < -0.3 is 14.5 Å². The molecule has 0 radical (unpaired) electrons. The molecular formula is C21H22Cl3N3O4S. The maximum atomic E-state index is 11.7. The lowest BCUT2D eigenvalue weighted by atomic mass is 9.79. The Balaban J connectivity index is 1.77. The van der Waals surface area contributed by atoms with Crippen LogP contribution in [0, 0.1) is 0 Å². The predicted octanol–water partition coefficient (Wildman–Crippen LogP) is 5.34. The number of benzene rings is 1. The van der Waals surface area contributed by atoms with Crippen molar-refractivity contribution in [2.24, 2.45) is 0 Å². The van der Waals surface area contributed by atoms with E-state index in [1.807, 2.05) is 32.0 Å². The van der Waals surface area contributed by atoms with Crippen LogP contribution in [-0.2, 0) is 21.8 Å². The molecule has 0 saturated carbocycles. The average molecular weight is 519 g/mol. The Labute approximate surface area is 202 Å². The number of oxazole rings is 1. The van der Waals surface area contributed by atoms with E-state index in [9.17, 15) is 8.42 Å². The fourth-order valence-corrected chi connectivity index (χ4v) is 4.53. The number of nitrogens with one attached hydrogen (secondary N) is 1. The first kappa shape index (κ1) is 24.6. The lowest BCUT2D eigenvalue weighted by molar-refractivity contribution is 0.343. The van der Waals surface area contributed by atoms with Crippen LogP contribution in [0.2, 0.25) is 10.0 Å². The van der Waals surface area contributed by atoms with E-state index in [-0.39, 0.29) is 17.3 Å². The lowest BCUT2D eigenvalue weighted by Gasteiger charge is -2.27. The zero-order chi connectivity index (χ0) is 23.5. The largest absolute Gasteiger partial charge is 0.489 e. The molecule has 2 aromatic heterocycles. The number of sulfone groups is 1. The summed E-state index contributed by atoms with van der Waals surface area (Å²) < 4.78 is 34.2. The van der Waals surface area contributed by atoms with E-state index < -0.39 is 15.3 Å². The van der Waals surface area contributed by atoms with Gasteiger partial charge in [-0.3, -0.25) is 0 Å². The summed E-state index contributed by atoms with van der Waals surface area (Å²) in [5, 5.41) is 3.77. The second kappa shape index (κ2) is 9.87. The van der Waals surface area contributed by atoms with Gasteiger partial charge in [-0.2, -0.15) is 0 Å². The van der Waals surface area contributed by atoms with Crippen LogP contribution in [-0.4, -0.2) is 37.1 Å². The zero-order valence-corrected chi connectivity index (χ0v) is 20.7. The van der Waals surface area contributed by atoms with Gasteiger partial charge >= 0.3 is 0 Å². The number of pyridine rings is 1. The Morgan fingerprint density at radius 3 is 2.38 bits per heavy atom. The molecule has 3 rings (SSSR count). The van der Waals surface area contributed by atoms with Gasteiger partial charge in [-0.25, -0.2) is 18.4 Å². The van der Waals surface area contributed by atoms with E-state index in [0.717, 1.165) is 23.8 Å². The van der Waals surface area contributed by atoms with Crippen LogP contribution < -0.4 is 10.1 Å². The SMILES string of the molecule is CC(C)(c1ccc(NCc2ocnc2S(C)(=O)=O)nc1)c1cc(Cl)c(OCCCl)c(Cl)c1. The molecule has 1 aromatic carbocycles. The van der Waals surface area contributed by atoms with Gasteiger partial charge in [0.25, 0.3) is 0 Å². The Morgan fingerprint density at radius 1 is 1.12 bits per heavy atom. The number of nitrogens with zero attached hydrogens (tertiary/aromatic N) is 2. The maximum absolute atomic E-state index is 11.7. The van der Waals surface area contributed by atoms with E-state index in [4.69, 9.17) is 44.0 Å². The summed E-state index contributed by atoms with van der Waals surface area (Å²) in [6, 6.07) is 7.36. The summed E-state index contributed by atoms with van der Waals surface area (Å²) in [5.74, 6) is 1.52. The highest BCUT2D eigenvalue weighted by Gasteiger charge is 2.26. The van der Waals surface area contributed by atoms with E-state index in [0.29, 0.717) is 34.1 Å². The number of anilines is 1. The van der Waals surface area contributed by atoms with Crippen molar-refractivity contribution in [3.05, 3.63) is 63.8 Å². The van der Waals surface area contributed by atoms with Gasteiger partial charge in [0, 0.05) is 17.9 Å². The van der Waals surface area contributed by atoms with Crippen molar-refractivity contribution >= 4 is 50.5 Å². The van der Waals surface area contributed by atoms with Crippen molar-refractivity contribution in [1.29, 1.82) is 0 Å². The fourth-order valence-electron chi connectivity index (χ4n) is 3.08. The van der Waals surface area contributed by atoms with Crippen molar-refractivity contribution in [3.63, 3.8) is 0 Å². The van der Waals surface area contributed by atoms with Gasteiger partial charge in [0.2, 0.25) is 0 Å². The van der Waals surface area contributed by atoms with E-state index >= 15 is 0 Å². The third kappa shape index (κ3) is 5.49. The molecule has 0 aliphatic heterocycles. The first-order valence-corrected chi connectivity index (χ1v) is 12.7. The second-order valence-electron chi connectivity index (χ2n) is 7.57. The van der Waals surface area contributed by atoms with Gasteiger partial charge in [-0.05, 0) is 29.3 Å². The molecule has 0 unspecified atom stereocenters. The van der Waals surface area contributed by atoms with Crippen molar-refractivity contribution in [2.75, 3.05) is 24.1 Å². The maximum Gasteiger partial charge on any atom is 0.198 e. The Bertz CT molecular complexity index is 1170. The molecular weight excluding hydrogens is 497 g/mol. The first-order valence-electron chi connectivity index (χ1n) is 9.55. The summed E-state index contributed by atoms with van der Waals surface area (Å²) in [6.07, 6.45) is 3.92. The Hall–Kier alpha value is -2.00. The molecule has 2 heterocycles. The van der Waals surface area contributed by atoms with Crippen molar-refractivity contribution < 1.29 is 17.6 Å². The van der Waals surface area contributed by atoms with Crippen LogP contribution >= 0.6 is 34.8 Å². The minimum atomic E-state index is -3.47. The number of hydrogen-bond donors (Lipinski definition) is 1. The molecule has 0 aliphatic rings. The smallest absolute Gasteiger partial charge is 0.198 e. The molecule has 172 valence electrons. The van der Waals surface area contributed by atoms with Crippen LogP contribution in [0.4, 0.5) is 5.82 Å². The van der Waals surface area contributed by atoms with Crippen molar-refractivity contribution in [1.82, 2.24) is 9.97 Å². The topological polar surface area (TPSA) is 94.3 Å². The standard InChI is InChI=1S/C21H22Cl3N3O4S/c1-21(2,14-8-15(23)19(16(24)9-14)30-7-6-22)13-4-5-18(25-10-13)26-11-17-20(27-12-31-17)32(3,28)29/h4-5,8-10,12H,6-7,11H2,1-3H3,(H,25,26). The van der Waals surface area contributed by atoms with Gasteiger partial charge in [-0.1, -0.05) is 43.1 Å². The van der Waals surface area contributed by atoms with Crippen LogP contribution in [0.1, 0.15) is 30.7 Å². The van der Waals surface area contributed by atoms with Crippen molar-refractivity contribution in [2.45, 2.75) is 30.8 Å². The lowest BCUT2D eigenvalue weighted by Crippen LogP contribution is -2.19.